The first-order valence-electron chi connectivity index (χ1n) is 6.99. The van der Waals surface area contributed by atoms with Gasteiger partial charge in [0.05, 0.1) is 18.3 Å². The number of aromatic nitrogens is 4. The zero-order valence-electron chi connectivity index (χ0n) is 12.1. The summed E-state index contributed by atoms with van der Waals surface area (Å²) in [6, 6.07) is -0.147. The number of carbonyl (C=O) groups excluding carboxylic acids is 1. The predicted octanol–water partition coefficient (Wildman–Crippen LogP) is 0.396. The Bertz CT molecular complexity index is 641. The molecule has 2 aromatic heterocycles. The SMILES string of the molecule is Cn1cc([C@@H](NC(=O)c2nccn2C)C2CC(O)C2)cn1. The van der Waals surface area contributed by atoms with Crippen LogP contribution in [0.1, 0.15) is 35.1 Å². The highest BCUT2D eigenvalue weighted by Crippen LogP contribution is 2.38. The molecule has 7 heteroatoms. The summed E-state index contributed by atoms with van der Waals surface area (Å²) in [5, 5.41) is 16.7. The molecule has 7 nitrogen and oxygen atoms in total. The van der Waals surface area contributed by atoms with Crippen LogP contribution in [0, 0.1) is 5.92 Å². The molecule has 0 aliphatic heterocycles. The third-order valence-electron chi connectivity index (χ3n) is 4.02. The Morgan fingerprint density at radius 1 is 1.48 bits per heavy atom. The van der Waals surface area contributed by atoms with E-state index < -0.39 is 0 Å². The van der Waals surface area contributed by atoms with Gasteiger partial charge in [-0.1, -0.05) is 0 Å². The first kappa shape index (κ1) is 13.8. The normalized spacial score (nSPS) is 22.6. The average Bonchev–Trinajstić information content (AvgIpc) is 3.01. The van der Waals surface area contributed by atoms with E-state index in [9.17, 15) is 9.90 Å². The number of aliphatic hydroxyl groups excluding tert-OH is 1. The molecule has 0 bridgehead atoms. The van der Waals surface area contributed by atoms with Gasteiger partial charge in [-0.3, -0.25) is 9.48 Å². The quantitative estimate of drug-likeness (QED) is 0.853. The monoisotopic (exact) mass is 289 g/mol. The fourth-order valence-corrected chi connectivity index (χ4v) is 2.77. The van der Waals surface area contributed by atoms with E-state index in [1.807, 2.05) is 13.2 Å². The highest BCUT2D eigenvalue weighted by molar-refractivity contribution is 5.91. The third-order valence-corrected chi connectivity index (χ3v) is 4.02. The van der Waals surface area contributed by atoms with E-state index in [0.717, 1.165) is 5.56 Å². The number of nitrogens with one attached hydrogen (secondary N) is 1. The molecule has 2 N–H and O–H groups in total. The van der Waals surface area contributed by atoms with Gasteiger partial charge in [0.2, 0.25) is 0 Å². The van der Waals surface area contributed by atoms with Crippen LogP contribution in [0.5, 0.6) is 0 Å². The largest absolute Gasteiger partial charge is 0.393 e. The summed E-state index contributed by atoms with van der Waals surface area (Å²) >= 11 is 0. The fourth-order valence-electron chi connectivity index (χ4n) is 2.77. The van der Waals surface area contributed by atoms with E-state index in [1.165, 1.54) is 0 Å². The highest BCUT2D eigenvalue weighted by Gasteiger charge is 2.36. The van der Waals surface area contributed by atoms with Gasteiger partial charge in [0.25, 0.3) is 5.91 Å². The molecule has 21 heavy (non-hydrogen) atoms. The van der Waals surface area contributed by atoms with Gasteiger partial charge >= 0.3 is 0 Å². The molecule has 1 aliphatic carbocycles. The van der Waals surface area contributed by atoms with Gasteiger partial charge < -0.3 is 15.0 Å². The second-order valence-electron chi connectivity index (χ2n) is 5.65. The van der Waals surface area contributed by atoms with Crippen molar-refractivity contribution < 1.29 is 9.90 Å². The Balaban J connectivity index is 1.79. The molecule has 1 aliphatic rings. The Hall–Kier alpha value is -2.15. The van der Waals surface area contributed by atoms with Crippen LogP contribution in [-0.2, 0) is 14.1 Å². The average molecular weight is 289 g/mol. The molecule has 3 rings (SSSR count). The zero-order valence-corrected chi connectivity index (χ0v) is 12.1. The summed E-state index contributed by atoms with van der Waals surface area (Å²) < 4.78 is 3.40. The van der Waals surface area contributed by atoms with Crippen LogP contribution in [0.4, 0.5) is 0 Å². The standard InChI is InChI=1S/C14H19N5O2/c1-18-4-3-15-13(18)14(21)17-12(9-5-11(20)6-9)10-7-16-19(2)8-10/h3-4,7-9,11-12,20H,5-6H2,1-2H3,(H,17,21)/t9?,11?,12-/m0/s1. The van der Waals surface area contributed by atoms with Gasteiger partial charge in [-0.25, -0.2) is 4.98 Å². The van der Waals surface area contributed by atoms with Gasteiger partial charge in [-0.05, 0) is 18.8 Å². The Labute approximate surface area is 122 Å². The van der Waals surface area contributed by atoms with Crippen LogP contribution in [-0.4, -0.2) is 36.4 Å². The minimum absolute atomic E-state index is 0.147. The maximum Gasteiger partial charge on any atom is 0.287 e. The summed E-state index contributed by atoms with van der Waals surface area (Å²) in [6.07, 6.45) is 8.12. The Morgan fingerprint density at radius 3 is 2.76 bits per heavy atom. The number of carbonyl (C=O) groups is 1. The number of aryl methyl sites for hydroxylation is 2. The van der Waals surface area contributed by atoms with E-state index in [2.05, 4.69) is 15.4 Å². The summed E-state index contributed by atoms with van der Waals surface area (Å²) in [6.45, 7) is 0. The molecular formula is C14H19N5O2. The fraction of sp³-hybridized carbons (Fsp3) is 0.500. The first-order chi connectivity index (χ1) is 10.0. The summed E-state index contributed by atoms with van der Waals surface area (Å²) in [7, 11) is 3.63. The van der Waals surface area contributed by atoms with Crippen molar-refractivity contribution in [3.05, 3.63) is 36.2 Å². The molecule has 0 spiro atoms. The molecular weight excluding hydrogens is 270 g/mol. The topological polar surface area (TPSA) is 85.0 Å². The Morgan fingerprint density at radius 2 is 2.24 bits per heavy atom. The smallest absolute Gasteiger partial charge is 0.287 e. The van der Waals surface area contributed by atoms with Gasteiger partial charge in [0, 0.05) is 38.2 Å². The highest BCUT2D eigenvalue weighted by atomic mass is 16.3. The number of nitrogens with zero attached hydrogens (tertiary/aromatic N) is 4. The molecule has 2 aromatic rings. The van der Waals surface area contributed by atoms with Crippen molar-refractivity contribution in [3.8, 4) is 0 Å². The zero-order chi connectivity index (χ0) is 15.0. The summed E-state index contributed by atoms with van der Waals surface area (Å²) in [5.41, 5.74) is 0.956. The van der Waals surface area contributed by atoms with E-state index in [4.69, 9.17) is 0 Å². The van der Waals surface area contributed by atoms with Crippen LogP contribution in [0.15, 0.2) is 24.8 Å². The number of amides is 1. The number of rotatable bonds is 4. The first-order valence-corrected chi connectivity index (χ1v) is 6.99. The van der Waals surface area contributed by atoms with Crippen LogP contribution in [0.2, 0.25) is 0 Å². The van der Waals surface area contributed by atoms with Crippen molar-refractivity contribution in [2.75, 3.05) is 0 Å². The maximum absolute atomic E-state index is 12.4. The maximum atomic E-state index is 12.4. The van der Waals surface area contributed by atoms with E-state index >= 15 is 0 Å². The van der Waals surface area contributed by atoms with Gasteiger partial charge in [-0.15, -0.1) is 0 Å². The van der Waals surface area contributed by atoms with Gasteiger partial charge in [0.1, 0.15) is 0 Å². The third kappa shape index (κ3) is 2.69. The molecule has 0 unspecified atom stereocenters. The minimum Gasteiger partial charge on any atom is -0.393 e. The lowest BCUT2D eigenvalue weighted by Crippen LogP contribution is -2.41. The van der Waals surface area contributed by atoms with Crippen LogP contribution in [0.3, 0.4) is 0 Å². The predicted molar refractivity (Wildman–Crippen MR) is 75.4 cm³/mol. The Kier molecular flexibility index (Phi) is 3.50. The van der Waals surface area contributed by atoms with E-state index in [1.54, 1.807) is 34.9 Å². The number of hydrogen-bond donors (Lipinski definition) is 2. The molecule has 2 heterocycles. The molecule has 112 valence electrons. The van der Waals surface area contributed by atoms with Crippen LogP contribution < -0.4 is 5.32 Å². The van der Waals surface area contributed by atoms with Crippen LogP contribution in [0.25, 0.3) is 0 Å². The number of aliphatic hydroxyl groups is 1. The number of imidazole rings is 1. The molecule has 1 amide bonds. The van der Waals surface area contributed by atoms with Crippen molar-refractivity contribution in [3.63, 3.8) is 0 Å². The van der Waals surface area contributed by atoms with Crippen molar-refractivity contribution in [2.45, 2.75) is 25.0 Å². The summed E-state index contributed by atoms with van der Waals surface area (Å²) in [5.74, 6) is 0.398. The van der Waals surface area contributed by atoms with Crippen molar-refractivity contribution in [1.29, 1.82) is 0 Å². The van der Waals surface area contributed by atoms with Gasteiger partial charge in [-0.2, -0.15) is 5.10 Å². The number of hydrogen-bond acceptors (Lipinski definition) is 4. The van der Waals surface area contributed by atoms with Crippen molar-refractivity contribution in [2.24, 2.45) is 20.0 Å². The van der Waals surface area contributed by atoms with Crippen molar-refractivity contribution in [1.82, 2.24) is 24.6 Å². The molecule has 1 atom stereocenters. The lowest BCUT2D eigenvalue weighted by Gasteiger charge is -2.37. The second-order valence-corrected chi connectivity index (χ2v) is 5.65. The van der Waals surface area contributed by atoms with Gasteiger partial charge in [0.15, 0.2) is 5.82 Å². The summed E-state index contributed by atoms with van der Waals surface area (Å²) in [4.78, 5) is 16.4. The molecule has 1 fully saturated rings. The molecule has 1 saturated carbocycles. The van der Waals surface area contributed by atoms with E-state index in [-0.39, 0.29) is 24.0 Å². The molecule has 0 radical (unpaired) electrons. The van der Waals surface area contributed by atoms with E-state index in [0.29, 0.717) is 18.7 Å². The van der Waals surface area contributed by atoms with Crippen LogP contribution >= 0.6 is 0 Å². The minimum atomic E-state index is -0.265. The molecule has 0 saturated heterocycles. The lowest BCUT2D eigenvalue weighted by molar-refractivity contribution is 0.0233. The van der Waals surface area contributed by atoms with Crippen molar-refractivity contribution >= 4 is 5.91 Å². The molecule has 0 aromatic carbocycles. The lowest BCUT2D eigenvalue weighted by atomic mass is 9.75. The second kappa shape index (κ2) is 5.33.